The highest BCUT2D eigenvalue weighted by atomic mass is 16.5. The molecule has 0 saturated carbocycles. The van der Waals surface area contributed by atoms with Crippen LogP contribution in [0, 0.1) is 0 Å². The van der Waals surface area contributed by atoms with Gasteiger partial charge in [0.15, 0.2) is 0 Å². The third-order valence-electron chi connectivity index (χ3n) is 3.43. The maximum Gasteiger partial charge on any atom is 0.122 e. The van der Waals surface area contributed by atoms with Crippen LogP contribution in [-0.2, 0) is 6.42 Å². The number of hydrogen-bond donors (Lipinski definition) is 1. The van der Waals surface area contributed by atoms with Crippen molar-refractivity contribution in [2.45, 2.75) is 31.7 Å². The van der Waals surface area contributed by atoms with E-state index in [0.717, 1.165) is 25.3 Å². The van der Waals surface area contributed by atoms with E-state index in [1.165, 1.54) is 30.4 Å². The van der Waals surface area contributed by atoms with Gasteiger partial charge in [-0.1, -0.05) is 12.1 Å². The molecule has 1 atom stereocenters. The molecule has 2 nitrogen and oxygen atoms in total. The van der Waals surface area contributed by atoms with E-state index in [1.54, 1.807) is 0 Å². The van der Waals surface area contributed by atoms with Crippen LogP contribution < -0.4 is 10.1 Å². The zero-order valence-corrected chi connectivity index (χ0v) is 8.96. The highest BCUT2D eigenvalue weighted by Crippen LogP contribution is 2.34. The Kier molecular flexibility index (Phi) is 2.37. The van der Waals surface area contributed by atoms with Crippen molar-refractivity contribution in [3.63, 3.8) is 0 Å². The van der Waals surface area contributed by atoms with Crippen molar-refractivity contribution in [1.29, 1.82) is 0 Å². The lowest BCUT2D eigenvalue weighted by Gasteiger charge is -2.23. The van der Waals surface area contributed by atoms with Gasteiger partial charge in [-0.15, -0.1) is 0 Å². The summed E-state index contributed by atoms with van der Waals surface area (Å²) in [6.45, 7) is 2.05. The SMILES string of the molecule is c1cc2c(c([C@@H]3CCCN3)c1)CCCO2. The van der Waals surface area contributed by atoms with Gasteiger partial charge in [-0.05, 0) is 49.4 Å². The molecule has 80 valence electrons. The quantitative estimate of drug-likeness (QED) is 0.757. The molecule has 2 aliphatic heterocycles. The van der Waals surface area contributed by atoms with E-state index >= 15 is 0 Å². The van der Waals surface area contributed by atoms with Crippen molar-refractivity contribution >= 4 is 0 Å². The summed E-state index contributed by atoms with van der Waals surface area (Å²) in [5.74, 6) is 1.12. The molecule has 0 spiro atoms. The second kappa shape index (κ2) is 3.86. The number of ether oxygens (including phenoxy) is 1. The van der Waals surface area contributed by atoms with Gasteiger partial charge in [0.1, 0.15) is 5.75 Å². The largest absolute Gasteiger partial charge is 0.493 e. The molecular formula is C13H17NO. The minimum Gasteiger partial charge on any atom is -0.493 e. The summed E-state index contributed by atoms with van der Waals surface area (Å²) in [4.78, 5) is 0. The summed E-state index contributed by atoms with van der Waals surface area (Å²) in [5.41, 5.74) is 2.92. The van der Waals surface area contributed by atoms with E-state index in [0.29, 0.717) is 6.04 Å². The van der Waals surface area contributed by atoms with Gasteiger partial charge in [-0.3, -0.25) is 0 Å². The summed E-state index contributed by atoms with van der Waals surface area (Å²) < 4.78 is 5.70. The van der Waals surface area contributed by atoms with Crippen molar-refractivity contribution in [3.05, 3.63) is 29.3 Å². The van der Waals surface area contributed by atoms with Crippen molar-refractivity contribution < 1.29 is 4.74 Å². The molecule has 2 heteroatoms. The maximum atomic E-state index is 5.70. The minimum atomic E-state index is 0.571. The molecule has 1 N–H and O–H groups in total. The first kappa shape index (κ1) is 9.22. The molecule has 0 amide bonds. The lowest BCUT2D eigenvalue weighted by molar-refractivity contribution is 0.286. The average molecular weight is 203 g/mol. The molecule has 0 aliphatic carbocycles. The number of hydrogen-bond acceptors (Lipinski definition) is 2. The van der Waals surface area contributed by atoms with Crippen LogP contribution in [0.4, 0.5) is 0 Å². The van der Waals surface area contributed by atoms with Gasteiger partial charge in [0.25, 0.3) is 0 Å². The predicted octanol–water partition coefficient (Wildman–Crippen LogP) is 2.44. The number of benzene rings is 1. The summed E-state index contributed by atoms with van der Waals surface area (Å²) in [6.07, 6.45) is 4.92. The van der Waals surface area contributed by atoms with Crippen LogP contribution in [-0.4, -0.2) is 13.2 Å². The van der Waals surface area contributed by atoms with Gasteiger partial charge in [-0.2, -0.15) is 0 Å². The van der Waals surface area contributed by atoms with Gasteiger partial charge in [0, 0.05) is 6.04 Å². The first-order valence-electron chi connectivity index (χ1n) is 5.93. The van der Waals surface area contributed by atoms with Gasteiger partial charge in [-0.25, -0.2) is 0 Å². The molecule has 0 aromatic heterocycles. The van der Waals surface area contributed by atoms with Crippen molar-refractivity contribution in [2.24, 2.45) is 0 Å². The van der Waals surface area contributed by atoms with Crippen molar-refractivity contribution in [3.8, 4) is 5.75 Å². The molecule has 1 fully saturated rings. The van der Waals surface area contributed by atoms with Gasteiger partial charge >= 0.3 is 0 Å². The van der Waals surface area contributed by atoms with E-state index in [4.69, 9.17) is 4.74 Å². The topological polar surface area (TPSA) is 21.3 Å². The minimum absolute atomic E-state index is 0.571. The highest BCUT2D eigenvalue weighted by Gasteiger charge is 2.22. The smallest absolute Gasteiger partial charge is 0.122 e. The van der Waals surface area contributed by atoms with Gasteiger partial charge in [0.2, 0.25) is 0 Å². The zero-order valence-electron chi connectivity index (χ0n) is 8.96. The van der Waals surface area contributed by atoms with Gasteiger partial charge in [0.05, 0.1) is 6.61 Å². The molecule has 3 rings (SSSR count). The second-order valence-electron chi connectivity index (χ2n) is 4.42. The van der Waals surface area contributed by atoms with Gasteiger partial charge < -0.3 is 10.1 Å². The molecule has 0 unspecified atom stereocenters. The zero-order chi connectivity index (χ0) is 10.1. The first-order chi connectivity index (χ1) is 7.45. The first-order valence-corrected chi connectivity index (χ1v) is 5.93. The van der Waals surface area contributed by atoms with Crippen LogP contribution in [0.2, 0.25) is 0 Å². The Morgan fingerprint density at radius 2 is 2.27 bits per heavy atom. The number of nitrogens with one attached hydrogen (secondary N) is 1. The van der Waals surface area contributed by atoms with E-state index in [9.17, 15) is 0 Å². The molecule has 0 bridgehead atoms. The molecule has 1 saturated heterocycles. The Labute approximate surface area is 90.6 Å². The fourth-order valence-electron chi connectivity index (χ4n) is 2.69. The molecule has 1 aromatic rings. The third-order valence-corrected chi connectivity index (χ3v) is 3.43. The molecule has 1 aromatic carbocycles. The Bertz CT molecular complexity index is 356. The third kappa shape index (κ3) is 1.63. The van der Waals surface area contributed by atoms with Crippen LogP contribution in [0.3, 0.4) is 0 Å². The Balaban J connectivity index is 1.99. The fraction of sp³-hybridized carbons (Fsp3) is 0.538. The molecule has 15 heavy (non-hydrogen) atoms. The summed E-state index contributed by atoms with van der Waals surface area (Å²) in [6, 6.07) is 7.06. The standard InChI is InChI=1S/C13H17NO/c1-4-10(12-6-2-8-14-12)11-5-3-9-15-13(11)7-1/h1,4,7,12,14H,2-3,5-6,8-9H2/t12-/m0/s1. The van der Waals surface area contributed by atoms with Crippen LogP contribution in [0.15, 0.2) is 18.2 Å². The lowest BCUT2D eigenvalue weighted by Crippen LogP contribution is -2.17. The van der Waals surface area contributed by atoms with Crippen molar-refractivity contribution in [2.75, 3.05) is 13.2 Å². The molecular weight excluding hydrogens is 186 g/mol. The number of rotatable bonds is 1. The van der Waals surface area contributed by atoms with Crippen molar-refractivity contribution in [1.82, 2.24) is 5.32 Å². The van der Waals surface area contributed by atoms with Crippen LogP contribution >= 0.6 is 0 Å². The van der Waals surface area contributed by atoms with E-state index in [1.807, 2.05) is 0 Å². The highest BCUT2D eigenvalue weighted by molar-refractivity contribution is 5.43. The summed E-state index contributed by atoms with van der Waals surface area (Å²) in [5, 5.41) is 3.57. The average Bonchev–Trinajstić information content (AvgIpc) is 2.82. The molecule has 2 heterocycles. The van der Waals surface area contributed by atoms with E-state index in [-0.39, 0.29) is 0 Å². The van der Waals surface area contributed by atoms with E-state index < -0.39 is 0 Å². The Morgan fingerprint density at radius 1 is 1.27 bits per heavy atom. The maximum absolute atomic E-state index is 5.70. The Hall–Kier alpha value is -1.02. The summed E-state index contributed by atoms with van der Waals surface area (Å²) >= 11 is 0. The van der Waals surface area contributed by atoms with Crippen LogP contribution in [0.25, 0.3) is 0 Å². The monoisotopic (exact) mass is 203 g/mol. The fourth-order valence-corrected chi connectivity index (χ4v) is 2.69. The van der Waals surface area contributed by atoms with E-state index in [2.05, 4.69) is 23.5 Å². The lowest BCUT2D eigenvalue weighted by atomic mass is 9.94. The molecule has 2 aliphatic rings. The normalized spacial score (nSPS) is 24.7. The molecule has 0 radical (unpaired) electrons. The number of fused-ring (bicyclic) bond motifs is 1. The predicted molar refractivity (Wildman–Crippen MR) is 60.2 cm³/mol. The summed E-state index contributed by atoms with van der Waals surface area (Å²) in [7, 11) is 0. The van der Waals surface area contributed by atoms with Crippen LogP contribution in [0.1, 0.15) is 36.4 Å². The van der Waals surface area contributed by atoms with Crippen LogP contribution in [0.5, 0.6) is 5.75 Å². The Morgan fingerprint density at radius 3 is 3.13 bits per heavy atom. The second-order valence-corrected chi connectivity index (χ2v) is 4.42.